The summed E-state index contributed by atoms with van der Waals surface area (Å²) < 4.78 is 10.4. The first-order valence-electron chi connectivity index (χ1n) is 7.39. The van der Waals surface area contributed by atoms with Gasteiger partial charge < -0.3 is 14.8 Å². The molecule has 5 heteroatoms. The summed E-state index contributed by atoms with van der Waals surface area (Å²) >= 11 is 0. The molecule has 20 heavy (non-hydrogen) atoms. The minimum Gasteiger partial charge on any atom is -0.382 e. The van der Waals surface area contributed by atoms with E-state index in [9.17, 15) is 0 Å². The van der Waals surface area contributed by atoms with Crippen molar-refractivity contribution in [2.75, 3.05) is 38.8 Å². The number of aryl methyl sites for hydroxylation is 1. The topological polar surface area (TPSA) is 56.3 Å². The summed E-state index contributed by atoms with van der Waals surface area (Å²) in [4.78, 5) is 9.19. The summed E-state index contributed by atoms with van der Waals surface area (Å²) in [6.07, 6.45) is 2.76. The first kappa shape index (κ1) is 16.9. The van der Waals surface area contributed by atoms with Crippen LogP contribution in [0.2, 0.25) is 0 Å². The van der Waals surface area contributed by atoms with Crippen LogP contribution in [0, 0.1) is 6.92 Å². The van der Waals surface area contributed by atoms with E-state index >= 15 is 0 Å². The molecule has 1 aromatic rings. The van der Waals surface area contributed by atoms with Gasteiger partial charge in [-0.05, 0) is 19.8 Å². The van der Waals surface area contributed by atoms with Gasteiger partial charge in [-0.3, -0.25) is 0 Å². The predicted molar refractivity (Wildman–Crippen MR) is 81.3 cm³/mol. The number of hydrogen-bond donors (Lipinski definition) is 1. The minimum absolute atomic E-state index is 0.615. The number of hydrogen-bond acceptors (Lipinski definition) is 5. The number of aromatic nitrogens is 2. The lowest BCUT2D eigenvalue weighted by Gasteiger charge is -2.13. The van der Waals surface area contributed by atoms with Gasteiger partial charge in [0.2, 0.25) is 0 Å². The van der Waals surface area contributed by atoms with Gasteiger partial charge in [-0.25, -0.2) is 9.97 Å². The molecule has 0 atom stereocenters. The average molecular weight is 281 g/mol. The Bertz CT molecular complexity index is 397. The zero-order chi connectivity index (χ0) is 14.8. The number of anilines is 1. The molecule has 5 nitrogen and oxygen atoms in total. The van der Waals surface area contributed by atoms with Gasteiger partial charge in [0.1, 0.15) is 11.6 Å². The van der Waals surface area contributed by atoms with E-state index in [1.807, 2.05) is 6.92 Å². The highest BCUT2D eigenvalue weighted by molar-refractivity contribution is 5.46. The van der Waals surface area contributed by atoms with Crippen LogP contribution >= 0.6 is 0 Å². The Morgan fingerprint density at radius 3 is 2.55 bits per heavy atom. The Morgan fingerprint density at radius 2 is 1.90 bits per heavy atom. The number of nitrogens with one attached hydrogen (secondary N) is 1. The molecule has 0 spiro atoms. The Morgan fingerprint density at radius 1 is 1.10 bits per heavy atom. The molecular weight excluding hydrogens is 254 g/mol. The lowest BCUT2D eigenvalue weighted by Crippen LogP contribution is -2.12. The lowest BCUT2D eigenvalue weighted by atomic mass is 10.1. The van der Waals surface area contributed by atoms with Crippen LogP contribution in [0.25, 0.3) is 0 Å². The summed E-state index contributed by atoms with van der Waals surface area (Å²) in [5, 5.41) is 3.39. The first-order chi connectivity index (χ1) is 9.72. The Kier molecular flexibility index (Phi) is 8.14. The fourth-order valence-electron chi connectivity index (χ4n) is 1.99. The van der Waals surface area contributed by atoms with Gasteiger partial charge in [0.15, 0.2) is 0 Å². The monoisotopic (exact) mass is 281 g/mol. The van der Waals surface area contributed by atoms with Crippen molar-refractivity contribution in [2.24, 2.45) is 0 Å². The first-order valence-corrected chi connectivity index (χ1v) is 7.39. The van der Waals surface area contributed by atoms with Crippen molar-refractivity contribution in [3.05, 3.63) is 17.1 Å². The summed E-state index contributed by atoms with van der Waals surface area (Å²) in [5.41, 5.74) is 2.27. The molecule has 0 aliphatic carbocycles. The molecule has 1 heterocycles. The fraction of sp³-hybridized carbons (Fsp3) is 0.733. The van der Waals surface area contributed by atoms with E-state index in [1.54, 1.807) is 7.11 Å². The molecule has 0 amide bonds. The highest BCUT2D eigenvalue weighted by Gasteiger charge is 2.09. The zero-order valence-corrected chi connectivity index (χ0v) is 13.2. The quantitative estimate of drug-likeness (QED) is 0.667. The highest BCUT2D eigenvalue weighted by Crippen LogP contribution is 2.17. The molecule has 0 unspecified atom stereocenters. The van der Waals surface area contributed by atoms with E-state index < -0.39 is 0 Å². The van der Waals surface area contributed by atoms with Crippen molar-refractivity contribution in [3.63, 3.8) is 0 Å². The number of nitrogens with zero attached hydrogens (tertiary/aromatic N) is 2. The van der Waals surface area contributed by atoms with E-state index in [0.717, 1.165) is 43.1 Å². The number of methoxy groups -OCH3 is 1. The Labute approximate surface area is 122 Å². The molecule has 0 radical (unpaired) electrons. The maximum atomic E-state index is 5.47. The van der Waals surface area contributed by atoms with Crippen LogP contribution < -0.4 is 5.32 Å². The molecular formula is C15H27N3O2. The molecule has 1 aromatic heterocycles. The standard InChI is InChI=1S/C15H27N3O2/c1-5-8-16-15-13(6-2)12(3)17-14(18-15)7-9-20-11-10-19-4/h5-11H2,1-4H3,(H,16,17,18). The third-order valence-electron chi connectivity index (χ3n) is 3.06. The summed E-state index contributed by atoms with van der Waals surface area (Å²) in [7, 11) is 1.67. The molecule has 0 saturated heterocycles. The Balaban J connectivity index is 2.64. The van der Waals surface area contributed by atoms with E-state index in [1.165, 1.54) is 5.56 Å². The van der Waals surface area contributed by atoms with Crippen molar-refractivity contribution < 1.29 is 9.47 Å². The third kappa shape index (κ3) is 5.43. The average Bonchev–Trinajstić information content (AvgIpc) is 2.44. The van der Waals surface area contributed by atoms with Crippen LogP contribution in [0.1, 0.15) is 37.4 Å². The van der Waals surface area contributed by atoms with Gasteiger partial charge in [-0.2, -0.15) is 0 Å². The van der Waals surface area contributed by atoms with E-state index in [-0.39, 0.29) is 0 Å². The van der Waals surface area contributed by atoms with Crippen molar-refractivity contribution in [3.8, 4) is 0 Å². The van der Waals surface area contributed by atoms with Crippen LogP contribution in [0.3, 0.4) is 0 Å². The molecule has 0 bridgehead atoms. The maximum absolute atomic E-state index is 5.47. The summed E-state index contributed by atoms with van der Waals surface area (Å²) in [6.45, 7) is 9.14. The molecule has 0 fully saturated rings. The molecule has 1 N–H and O–H groups in total. The molecule has 114 valence electrons. The van der Waals surface area contributed by atoms with E-state index in [2.05, 4.69) is 29.1 Å². The second-order valence-electron chi connectivity index (χ2n) is 4.69. The molecule has 0 aliphatic heterocycles. The fourth-order valence-corrected chi connectivity index (χ4v) is 1.99. The van der Waals surface area contributed by atoms with Gasteiger partial charge in [-0.1, -0.05) is 13.8 Å². The molecule has 0 saturated carbocycles. The SMILES string of the molecule is CCCNc1nc(CCOCCOC)nc(C)c1CC. The van der Waals surface area contributed by atoms with Crippen LogP contribution in [0.4, 0.5) is 5.82 Å². The predicted octanol–water partition coefficient (Wildman–Crippen LogP) is 2.37. The summed E-state index contributed by atoms with van der Waals surface area (Å²) in [5.74, 6) is 1.82. The van der Waals surface area contributed by atoms with Gasteiger partial charge in [0.05, 0.1) is 19.8 Å². The van der Waals surface area contributed by atoms with Gasteiger partial charge in [0, 0.05) is 31.3 Å². The molecule has 0 aliphatic rings. The lowest BCUT2D eigenvalue weighted by molar-refractivity contribution is 0.0716. The normalized spacial score (nSPS) is 10.8. The van der Waals surface area contributed by atoms with Crippen molar-refractivity contribution in [2.45, 2.75) is 40.0 Å². The maximum Gasteiger partial charge on any atom is 0.133 e. The Hall–Kier alpha value is -1.20. The number of rotatable bonds is 10. The minimum atomic E-state index is 0.615. The van der Waals surface area contributed by atoms with Gasteiger partial charge in [0.25, 0.3) is 0 Å². The third-order valence-corrected chi connectivity index (χ3v) is 3.06. The number of ether oxygens (including phenoxy) is 2. The van der Waals surface area contributed by atoms with Crippen LogP contribution in [0.5, 0.6) is 0 Å². The zero-order valence-electron chi connectivity index (χ0n) is 13.2. The van der Waals surface area contributed by atoms with E-state index in [4.69, 9.17) is 9.47 Å². The van der Waals surface area contributed by atoms with Crippen LogP contribution in [-0.4, -0.2) is 43.4 Å². The largest absolute Gasteiger partial charge is 0.382 e. The van der Waals surface area contributed by atoms with Crippen molar-refractivity contribution in [1.29, 1.82) is 0 Å². The van der Waals surface area contributed by atoms with Crippen LogP contribution in [-0.2, 0) is 22.3 Å². The van der Waals surface area contributed by atoms with Crippen molar-refractivity contribution >= 4 is 5.82 Å². The molecule has 1 rings (SSSR count). The van der Waals surface area contributed by atoms with Crippen LogP contribution in [0.15, 0.2) is 0 Å². The highest BCUT2D eigenvalue weighted by atomic mass is 16.5. The smallest absolute Gasteiger partial charge is 0.133 e. The second kappa shape index (κ2) is 9.66. The van der Waals surface area contributed by atoms with Gasteiger partial charge in [-0.15, -0.1) is 0 Å². The summed E-state index contributed by atoms with van der Waals surface area (Å²) in [6, 6.07) is 0. The van der Waals surface area contributed by atoms with Crippen molar-refractivity contribution in [1.82, 2.24) is 9.97 Å². The second-order valence-corrected chi connectivity index (χ2v) is 4.69. The molecule has 0 aromatic carbocycles. The van der Waals surface area contributed by atoms with E-state index in [0.29, 0.717) is 19.8 Å². The van der Waals surface area contributed by atoms with Gasteiger partial charge >= 0.3 is 0 Å².